The number of hydrogen-bond donors (Lipinski definition) is 3. The maximum absolute atomic E-state index is 14.7. The predicted molar refractivity (Wildman–Crippen MR) is 157 cm³/mol. The van der Waals surface area contributed by atoms with Crippen LogP contribution < -0.4 is 21.3 Å². The summed E-state index contributed by atoms with van der Waals surface area (Å²) in [5.41, 5.74) is 6.39. The maximum Gasteiger partial charge on any atom is 0.231 e. The highest BCUT2D eigenvalue weighted by molar-refractivity contribution is 6.31. The highest BCUT2D eigenvalue weighted by Crippen LogP contribution is 2.30. The quantitative estimate of drug-likeness (QED) is 0.137. The number of allylic oxidation sites excluding steroid dienone is 5. The van der Waals surface area contributed by atoms with Crippen molar-refractivity contribution in [2.24, 2.45) is 17.8 Å². The van der Waals surface area contributed by atoms with Crippen molar-refractivity contribution >= 4 is 52.6 Å². The van der Waals surface area contributed by atoms with Gasteiger partial charge in [0.2, 0.25) is 12.3 Å². The number of alkyl halides is 1. The number of halogens is 5. The van der Waals surface area contributed by atoms with E-state index in [4.69, 9.17) is 28.9 Å². The van der Waals surface area contributed by atoms with Crippen molar-refractivity contribution in [3.05, 3.63) is 89.0 Å². The molecule has 1 aliphatic rings. The van der Waals surface area contributed by atoms with Crippen LogP contribution in [0.1, 0.15) is 12.8 Å². The number of rotatable bonds is 13. The summed E-state index contributed by atoms with van der Waals surface area (Å²) in [7, 11) is 1.44. The molecule has 1 fully saturated rings. The number of nitrogens with zero attached hydrogens (tertiary/aromatic N) is 1. The molecular weight excluding hydrogens is 564 g/mol. The molecule has 1 aliphatic carbocycles. The van der Waals surface area contributed by atoms with Crippen LogP contribution in [0.15, 0.2) is 78.1 Å². The van der Waals surface area contributed by atoms with Gasteiger partial charge in [-0.2, -0.15) is 0 Å². The number of carbonyl (C=O) groups excluding carboxylic acids is 2. The van der Waals surface area contributed by atoms with Crippen molar-refractivity contribution in [2.75, 3.05) is 42.8 Å². The van der Waals surface area contributed by atoms with E-state index in [-0.39, 0.29) is 23.0 Å². The van der Waals surface area contributed by atoms with E-state index in [1.54, 1.807) is 24.3 Å². The molecule has 0 saturated heterocycles. The molecule has 6 nitrogen and oxygen atoms in total. The number of amides is 2. The number of anilines is 3. The van der Waals surface area contributed by atoms with Gasteiger partial charge in [0.05, 0.1) is 24.2 Å². The molecule has 0 aliphatic heterocycles. The zero-order valence-corrected chi connectivity index (χ0v) is 23.6. The van der Waals surface area contributed by atoms with Crippen LogP contribution in [-0.2, 0) is 9.59 Å². The highest BCUT2D eigenvalue weighted by Gasteiger charge is 2.34. The molecule has 3 rings (SSSR count). The molecule has 216 valence electrons. The second-order valence-corrected chi connectivity index (χ2v) is 10.1. The normalized spacial score (nSPS) is 14.6. The molecule has 11 heteroatoms. The topological polar surface area (TPSA) is 87.5 Å². The van der Waals surface area contributed by atoms with Crippen molar-refractivity contribution in [3.63, 3.8) is 0 Å². The SMILES string of the molecule is C=C(Cl)/C=C\C=C(/F)C(CF)[C@@H](CNCC1CC1)C(=O)N(C)c1ccc(N)c(F)c1.O=CNc1cccc(Cl)c1. The summed E-state index contributed by atoms with van der Waals surface area (Å²) in [6.07, 6.45) is 6.56. The van der Waals surface area contributed by atoms with Crippen molar-refractivity contribution in [1.82, 2.24) is 5.32 Å². The van der Waals surface area contributed by atoms with Gasteiger partial charge in [-0.3, -0.25) is 14.0 Å². The van der Waals surface area contributed by atoms with Gasteiger partial charge in [-0.05, 0) is 73.9 Å². The predicted octanol–water partition coefficient (Wildman–Crippen LogP) is 6.64. The van der Waals surface area contributed by atoms with Crippen LogP contribution in [0.2, 0.25) is 5.02 Å². The molecule has 2 amide bonds. The Morgan fingerprint density at radius 2 is 1.98 bits per heavy atom. The van der Waals surface area contributed by atoms with E-state index < -0.39 is 36.1 Å². The molecule has 0 heterocycles. The summed E-state index contributed by atoms with van der Waals surface area (Å²) in [6.45, 7) is 3.17. The van der Waals surface area contributed by atoms with E-state index in [0.717, 1.165) is 25.0 Å². The van der Waals surface area contributed by atoms with Crippen molar-refractivity contribution in [1.29, 1.82) is 0 Å². The molecule has 0 spiro atoms. The van der Waals surface area contributed by atoms with Gasteiger partial charge in [0.15, 0.2) is 0 Å². The first-order valence-corrected chi connectivity index (χ1v) is 13.3. The number of nitrogen functional groups attached to an aromatic ring is 1. The minimum atomic E-state index is -1.29. The highest BCUT2D eigenvalue weighted by atomic mass is 35.5. The van der Waals surface area contributed by atoms with Crippen LogP contribution in [-0.4, -0.2) is 39.1 Å². The van der Waals surface area contributed by atoms with E-state index in [1.807, 2.05) is 0 Å². The van der Waals surface area contributed by atoms with E-state index >= 15 is 0 Å². The lowest BCUT2D eigenvalue weighted by atomic mass is 9.90. The van der Waals surface area contributed by atoms with Gasteiger partial charge in [-0.15, -0.1) is 0 Å². The summed E-state index contributed by atoms with van der Waals surface area (Å²) in [4.78, 5) is 24.3. The minimum Gasteiger partial charge on any atom is -0.396 e. The Balaban J connectivity index is 0.000000469. The average Bonchev–Trinajstić information content (AvgIpc) is 3.74. The minimum absolute atomic E-state index is 0.0504. The van der Waals surface area contributed by atoms with Crippen LogP contribution in [0.4, 0.5) is 30.2 Å². The molecule has 0 aromatic heterocycles. The molecular formula is C29H33Cl2F3N4O2. The van der Waals surface area contributed by atoms with Crippen LogP contribution in [0.25, 0.3) is 0 Å². The molecule has 2 aromatic rings. The van der Waals surface area contributed by atoms with Crippen molar-refractivity contribution in [3.8, 4) is 0 Å². The van der Waals surface area contributed by atoms with E-state index in [1.165, 1.54) is 36.2 Å². The lowest BCUT2D eigenvalue weighted by molar-refractivity contribution is -0.123. The molecule has 4 N–H and O–H groups in total. The van der Waals surface area contributed by atoms with Crippen LogP contribution in [0.3, 0.4) is 0 Å². The molecule has 40 heavy (non-hydrogen) atoms. The van der Waals surface area contributed by atoms with Crippen molar-refractivity contribution < 1.29 is 22.8 Å². The zero-order chi connectivity index (χ0) is 29.7. The summed E-state index contributed by atoms with van der Waals surface area (Å²) in [6, 6.07) is 10.9. The summed E-state index contributed by atoms with van der Waals surface area (Å²) in [5.74, 6) is -3.77. The summed E-state index contributed by atoms with van der Waals surface area (Å²) in [5, 5.41) is 6.44. The van der Waals surface area contributed by atoms with Gasteiger partial charge in [0.25, 0.3) is 0 Å². The Morgan fingerprint density at radius 1 is 1.25 bits per heavy atom. The third-order valence-electron chi connectivity index (χ3n) is 6.10. The first-order valence-electron chi connectivity index (χ1n) is 12.5. The largest absolute Gasteiger partial charge is 0.396 e. The number of carbonyl (C=O) groups is 2. The van der Waals surface area contributed by atoms with Crippen LogP contribution in [0.5, 0.6) is 0 Å². The van der Waals surface area contributed by atoms with Gasteiger partial charge in [-0.1, -0.05) is 41.9 Å². The van der Waals surface area contributed by atoms with E-state index in [2.05, 4.69) is 17.2 Å². The van der Waals surface area contributed by atoms with Gasteiger partial charge in [-0.25, -0.2) is 8.78 Å². The second-order valence-electron chi connectivity index (χ2n) is 9.20. The summed E-state index contributed by atoms with van der Waals surface area (Å²) >= 11 is 11.2. The Kier molecular flexibility index (Phi) is 13.8. The standard InChI is InChI=1S/C22H27ClF3N3O.C7H6ClNO/c1-14(23)4-3-5-19(25)17(11-24)18(13-28-12-15-6-7-15)22(30)29(2)16-8-9-21(27)20(26)10-16;8-6-2-1-3-7(4-6)9-5-10/h3-5,8-10,15,17-18,28H,1,6-7,11-13,27H2,2H3;1-5H,(H,9,10)/b4-3-,19-5-;/t17?,18-;/m1./s1. The Morgan fingerprint density at radius 3 is 2.55 bits per heavy atom. The zero-order valence-electron chi connectivity index (χ0n) is 22.1. The second kappa shape index (κ2) is 16.7. The van der Waals surface area contributed by atoms with Gasteiger partial charge in [0, 0.05) is 35.0 Å². The fourth-order valence-electron chi connectivity index (χ4n) is 3.66. The lowest BCUT2D eigenvalue weighted by Gasteiger charge is -2.28. The fraction of sp³-hybridized carbons (Fsp3) is 0.310. The van der Waals surface area contributed by atoms with Crippen LogP contribution in [0, 0.1) is 23.6 Å². The van der Waals surface area contributed by atoms with Gasteiger partial charge < -0.3 is 21.3 Å². The fourth-order valence-corrected chi connectivity index (χ4v) is 3.92. The van der Waals surface area contributed by atoms with Gasteiger partial charge in [0.1, 0.15) is 11.6 Å². The first-order chi connectivity index (χ1) is 19.1. The van der Waals surface area contributed by atoms with E-state index in [9.17, 15) is 22.8 Å². The number of hydrogen-bond acceptors (Lipinski definition) is 4. The molecule has 0 bridgehead atoms. The molecule has 2 aromatic carbocycles. The first kappa shape index (κ1) is 32.9. The van der Waals surface area contributed by atoms with Crippen LogP contribution >= 0.6 is 23.2 Å². The monoisotopic (exact) mass is 596 g/mol. The van der Waals surface area contributed by atoms with Gasteiger partial charge >= 0.3 is 0 Å². The lowest BCUT2D eigenvalue weighted by Crippen LogP contribution is -2.43. The molecule has 0 radical (unpaired) electrons. The average molecular weight is 598 g/mol. The maximum atomic E-state index is 14.7. The molecule has 1 unspecified atom stereocenters. The van der Waals surface area contributed by atoms with Crippen molar-refractivity contribution in [2.45, 2.75) is 12.8 Å². The molecule has 2 atom stereocenters. The number of benzene rings is 2. The van der Waals surface area contributed by atoms with E-state index in [0.29, 0.717) is 29.6 Å². The third kappa shape index (κ3) is 11.1. The molecule has 1 saturated carbocycles. The number of nitrogens with one attached hydrogen (secondary N) is 2. The third-order valence-corrected chi connectivity index (χ3v) is 6.46. The Bertz CT molecular complexity index is 1220. The Hall–Kier alpha value is -3.27. The summed E-state index contributed by atoms with van der Waals surface area (Å²) < 4.78 is 42.4. The number of nitrogens with two attached hydrogens (primary N) is 1. The smallest absolute Gasteiger partial charge is 0.231 e. The Labute approximate surface area is 242 Å².